The van der Waals surface area contributed by atoms with Gasteiger partial charge in [-0.05, 0) is 44.0 Å². The second-order valence-corrected chi connectivity index (χ2v) is 4.83. The first-order chi connectivity index (χ1) is 9.24. The molecule has 0 amide bonds. The maximum absolute atomic E-state index is 13.1. The van der Waals surface area contributed by atoms with E-state index in [-0.39, 0.29) is 5.82 Å². The number of hydrogen-bond donors (Lipinski definition) is 2. The quantitative estimate of drug-likeness (QED) is 0.752. The molecular weight excluding hydrogens is 241 g/mol. The number of hydrogen-bond acceptors (Lipinski definition) is 2. The molecule has 4 heteroatoms. The zero-order valence-corrected chi connectivity index (χ0v) is 11.2. The molecule has 1 atom stereocenters. The average molecular weight is 261 g/mol. The molecule has 3 nitrogen and oxygen atoms in total. The van der Waals surface area contributed by atoms with Crippen LogP contribution in [0.1, 0.15) is 24.7 Å². The van der Waals surface area contributed by atoms with Gasteiger partial charge in [0, 0.05) is 24.9 Å². The van der Waals surface area contributed by atoms with Gasteiger partial charge in [-0.1, -0.05) is 12.1 Å². The Kier molecular flexibility index (Phi) is 5.10. The fourth-order valence-electron chi connectivity index (χ4n) is 2.13. The number of aryl methyl sites for hydroxylation is 1. The molecular formula is C15H20FN3. The van der Waals surface area contributed by atoms with E-state index in [9.17, 15) is 4.39 Å². The smallest absolute Gasteiger partial charge is 0.123 e. The van der Waals surface area contributed by atoms with Crippen molar-refractivity contribution in [2.24, 2.45) is 0 Å². The largest absolute Gasteiger partial charge is 0.349 e. The van der Waals surface area contributed by atoms with Gasteiger partial charge in [-0.15, -0.1) is 0 Å². The number of nitrogens with one attached hydrogen (secondary N) is 2. The van der Waals surface area contributed by atoms with E-state index in [1.54, 1.807) is 18.3 Å². The van der Waals surface area contributed by atoms with E-state index in [4.69, 9.17) is 0 Å². The molecule has 1 heterocycles. The monoisotopic (exact) mass is 261 g/mol. The van der Waals surface area contributed by atoms with Crippen LogP contribution in [0.15, 0.2) is 36.7 Å². The van der Waals surface area contributed by atoms with E-state index >= 15 is 0 Å². The average Bonchev–Trinajstić information content (AvgIpc) is 2.88. The summed E-state index contributed by atoms with van der Waals surface area (Å²) in [4.78, 5) is 7.28. The SMILES string of the molecule is CC(Cc1cccc(F)c1)NCCCc1ncc[nH]1. The standard InChI is InChI=1S/C15H20FN3/c1-12(10-13-4-2-5-14(16)11-13)17-7-3-6-15-18-8-9-19-15/h2,4-5,8-9,11-12,17H,3,6-7,10H2,1H3,(H,18,19). The summed E-state index contributed by atoms with van der Waals surface area (Å²) in [6.07, 6.45) is 6.46. The van der Waals surface area contributed by atoms with Crippen molar-refractivity contribution in [3.63, 3.8) is 0 Å². The van der Waals surface area contributed by atoms with Crippen molar-refractivity contribution in [3.8, 4) is 0 Å². The van der Waals surface area contributed by atoms with Gasteiger partial charge in [-0.25, -0.2) is 9.37 Å². The second kappa shape index (κ2) is 7.04. The summed E-state index contributed by atoms with van der Waals surface area (Å²) in [5.41, 5.74) is 1.03. The van der Waals surface area contributed by atoms with Crippen LogP contribution in [0.4, 0.5) is 4.39 Å². The van der Waals surface area contributed by atoms with E-state index < -0.39 is 0 Å². The van der Waals surface area contributed by atoms with Gasteiger partial charge in [0.2, 0.25) is 0 Å². The molecule has 0 aliphatic rings. The Balaban J connectivity index is 1.65. The molecule has 2 N–H and O–H groups in total. The summed E-state index contributed by atoms with van der Waals surface area (Å²) in [5.74, 6) is 0.863. The zero-order chi connectivity index (χ0) is 13.5. The number of aromatic nitrogens is 2. The molecule has 0 fully saturated rings. The van der Waals surface area contributed by atoms with E-state index in [1.165, 1.54) is 6.07 Å². The fraction of sp³-hybridized carbons (Fsp3) is 0.400. The molecule has 102 valence electrons. The van der Waals surface area contributed by atoms with E-state index in [0.29, 0.717) is 6.04 Å². The highest BCUT2D eigenvalue weighted by Gasteiger charge is 2.04. The number of benzene rings is 1. The minimum Gasteiger partial charge on any atom is -0.349 e. The minimum absolute atomic E-state index is 0.164. The van der Waals surface area contributed by atoms with Crippen molar-refractivity contribution >= 4 is 0 Å². The summed E-state index contributed by atoms with van der Waals surface area (Å²) in [6, 6.07) is 7.14. The van der Waals surface area contributed by atoms with Gasteiger partial charge < -0.3 is 10.3 Å². The third-order valence-electron chi connectivity index (χ3n) is 3.07. The molecule has 0 aliphatic heterocycles. The topological polar surface area (TPSA) is 40.7 Å². The molecule has 0 bridgehead atoms. The number of imidazole rings is 1. The lowest BCUT2D eigenvalue weighted by molar-refractivity contribution is 0.529. The van der Waals surface area contributed by atoms with Crippen molar-refractivity contribution in [1.29, 1.82) is 0 Å². The van der Waals surface area contributed by atoms with Crippen molar-refractivity contribution in [2.45, 2.75) is 32.2 Å². The molecule has 0 spiro atoms. The summed E-state index contributed by atoms with van der Waals surface area (Å²) in [6.45, 7) is 3.06. The molecule has 2 aromatic rings. The highest BCUT2D eigenvalue weighted by Crippen LogP contribution is 2.06. The van der Waals surface area contributed by atoms with Crippen LogP contribution in [0.3, 0.4) is 0 Å². The van der Waals surface area contributed by atoms with Crippen LogP contribution in [-0.4, -0.2) is 22.6 Å². The number of rotatable bonds is 7. The van der Waals surface area contributed by atoms with Crippen molar-refractivity contribution in [3.05, 3.63) is 53.9 Å². The summed E-state index contributed by atoms with van der Waals surface area (Å²) in [5, 5.41) is 3.45. The highest BCUT2D eigenvalue weighted by atomic mass is 19.1. The van der Waals surface area contributed by atoms with Gasteiger partial charge in [-0.3, -0.25) is 0 Å². The molecule has 19 heavy (non-hydrogen) atoms. The number of halogens is 1. The normalized spacial score (nSPS) is 12.5. The van der Waals surface area contributed by atoms with Gasteiger partial charge >= 0.3 is 0 Å². The second-order valence-electron chi connectivity index (χ2n) is 4.83. The predicted octanol–water partition coefficient (Wildman–Crippen LogP) is 2.70. The number of H-pyrrole nitrogens is 1. The Hall–Kier alpha value is -1.68. The van der Waals surface area contributed by atoms with Gasteiger partial charge in [0.25, 0.3) is 0 Å². The van der Waals surface area contributed by atoms with Crippen LogP contribution in [0.2, 0.25) is 0 Å². The number of nitrogens with zero attached hydrogens (tertiary/aromatic N) is 1. The van der Waals surface area contributed by atoms with Crippen LogP contribution in [0.5, 0.6) is 0 Å². The van der Waals surface area contributed by atoms with Crippen molar-refractivity contribution in [1.82, 2.24) is 15.3 Å². The minimum atomic E-state index is -0.164. The fourth-order valence-corrected chi connectivity index (χ4v) is 2.13. The molecule has 1 unspecified atom stereocenters. The van der Waals surface area contributed by atoms with Crippen LogP contribution < -0.4 is 5.32 Å². The molecule has 0 saturated heterocycles. The van der Waals surface area contributed by atoms with Crippen LogP contribution in [0.25, 0.3) is 0 Å². The first-order valence-electron chi connectivity index (χ1n) is 6.70. The van der Waals surface area contributed by atoms with Crippen molar-refractivity contribution < 1.29 is 4.39 Å². The molecule has 0 radical (unpaired) electrons. The summed E-state index contributed by atoms with van der Waals surface area (Å²) in [7, 11) is 0. The lowest BCUT2D eigenvalue weighted by Gasteiger charge is -2.13. The summed E-state index contributed by atoms with van der Waals surface area (Å²) >= 11 is 0. The lowest BCUT2D eigenvalue weighted by Crippen LogP contribution is -2.29. The van der Waals surface area contributed by atoms with E-state index in [1.807, 2.05) is 12.3 Å². The van der Waals surface area contributed by atoms with Crippen LogP contribution >= 0.6 is 0 Å². The Bertz CT molecular complexity index is 482. The van der Waals surface area contributed by atoms with Crippen LogP contribution in [-0.2, 0) is 12.8 Å². The van der Waals surface area contributed by atoms with E-state index in [0.717, 1.165) is 37.2 Å². The molecule has 0 saturated carbocycles. The maximum Gasteiger partial charge on any atom is 0.123 e. The molecule has 2 rings (SSSR count). The Labute approximate surface area is 113 Å². The molecule has 0 aliphatic carbocycles. The maximum atomic E-state index is 13.1. The molecule has 1 aromatic carbocycles. The Morgan fingerprint density at radius 3 is 3.05 bits per heavy atom. The third kappa shape index (κ3) is 4.83. The Morgan fingerprint density at radius 2 is 2.32 bits per heavy atom. The van der Waals surface area contributed by atoms with Gasteiger partial charge in [0.15, 0.2) is 0 Å². The van der Waals surface area contributed by atoms with Gasteiger partial charge in [0.1, 0.15) is 11.6 Å². The lowest BCUT2D eigenvalue weighted by atomic mass is 10.1. The Morgan fingerprint density at radius 1 is 1.42 bits per heavy atom. The zero-order valence-electron chi connectivity index (χ0n) is 11.2. The van der Waals surface area contributed by atoms with E-state index in [2.05, 4.69) is 22.2 Å². The first-order valence-corrected chi connectivity index (χ1v) is 6.70. The molecule has 1 aromatic heterocycles. The summed E-state index contributed by atoms with van der Waals surface area (Å²) < 4.78 is 13.1. The predicted molar refractivity (Wildman–Crippen MR) is 74.5 cm³/mol. The number of aromatic amines is 1. The van der Waals surface area contributed by atoms with Crippen LogP contribution in [0, 0.1) is 5.82 Å². The third-order valence-corrected chi connectivity index (χ3v) is 3.07. The van der Waals surface area contributed by atoms with Crippen molar-refractivity contribution in [2.75, 3.05) is 6.54 Å². The first kappa shape index (κ1) is 13.7. The van der Waals surface area contributed by atoms with Gasteiger partial charge in [0.05, 0.1) is 0 Å². The van der Waals surface area contributed by atoms with Gasteiger partial charge in [-0.2, -0.15) is 0 Å². The highest BCUT2D eigenvalue weighted by molar-refractivity contribution is 5.17.